The van der Waals surface area contributed by atoms with Gasteiger partial charge in [0.05, 0.1) is 5.70 Å². The summed E-state index contributed by atoms with van der Waals surface area (Å²) in [4.78, 5) is 24.9. The molecule has 9 heteroatoms. The molecule has 0 aromatic carbocycles. The van der Waals surface area contributed by atoms with Crippen LogP contribution in [-0.2, 0) is 4.79 Å². The second kappa shape index (κ2) is 8.26. The molecule has 0 radical (unpaired) electrons. The van der Waals surface area contributed by atoms with Crippen molar-refractivity contribution in [3.05, 3.63) is 23.5 Å². The van der Waals surface area contributed by atoms with Gasteiger partial charge in [0.25, 0.3) is 0 Å². The Morgan fingerprint density at radius 3 is 2.81 bits per heavy atom. The van der Waals surface area contributed by atoms with Crippen LogP contribution in [0.25, 0.3) is 0 Å². The summed E-state index contributed by atoms with van der Waals surface area (Å²) >= 11 is 0. The number of aromatic amines is 1. The molecule has 32 heavy (non-hydrogen) atoms. The summed E-state index contributed by atoms with van der Waals surface area (Å²) in [6, 6.07) is 2.19. The van der Waals surface area contributed by atoms with Gasteiger partial charge in [0.1, 0.15) is 6.04 Å². The van der Waals surface area contributed by atoms with Gasteiger partial charge in [-0.2, -0.15) is 10.1 Å². The highest BCUT2D eigenvalue weighted by molar-refractivity contribution is 6.09. The summed E-state index contributed by atoms with van der Waals surface area (Å²) in [5, 5.41) is 12.9. The van der Waals surface area contributed by atoms with Crippen LogP contribution in [0.5, 0.6) is 0 Å². The Labute approximate surface area is 188 Å². The van der Waals surface area contributed by atoms with Crippen molar-refractivity contribution in [2.75, 3.05) is 13.1 Å². The number of guanidine groups is 1. The van der Waals surface area contributed by atoms with E-state index in [9.17, 15) is 4.79 Å². The molecule has 2 saturated carbocycles. The standard InChI is InChI=1S/C23H32N8O/c32-22(24-16-6-2-1-3-7-16)19-9-4-12-30(19)23-26-21(18-8-5-13-31(18)29-23)25-20-14-17(27-28-20)15-10-11-15/h8,14-16,19H,1-7,9-13H2,(H,24,32)(H2,25,26,27,28,29)/t19-/m0/s1. The average Bonchev–Trinajstić information content (AvgIpc) is 3.20. The number of nitrogens with one attached hydrogen (secondary N) is 3. The zero-order valence-corrected chi connectivity index (χ0v) is 18.5. The number of H-pyrrole nitrogens is 1. The second-order valence-electron chi connectivity index (χ2n) is 9.66. The molecular weight excluding hydrogens is 404 g/mol. The molecule has 0 spiro atoms. The van der Waals surface area contributed by atoms with Crippen LogP contribution in [0.4, 0.5) is 5.82 Å². The van der Waals surface area contributed by atoms with Gasteiger partial charge in [0.2, 0.25) is 11.9 Å². The monoisotopic (exact) mass is 436 g/mol. The molecule has 0 bridgehead atoms. The summed E-state index contributed by atoms with van der Waals surface area (Å²) in [7, 11) is 0. The van der Waals surface area contributed by atoms with Gasteiger partial charge in [-0.25, -0.2) is 4.99 Å². The van der Waals surface area contributed by atoms with Crippen molar-refractivity contribution in [1.29, 1.82) is 0 Å². The average molecular weight is 437 g/mol. The number of amides is 1. The lowest BCUT2D eigenvalue weighted by atomic mass is 9.95. The van der Waals surface area contributed by atoms with Gasteiger partial charge in [0, 0.05) is 36.8 Å². The van der Waals surface area contributed by atoms with Gasteiger partial charge < -0.3 is 10.2 Å². The Balaban J connectivity index is 1.23. The van der Waals surface area contributed by atoms with E-state index < -0.39 is 0 Å². The van der Waals surface area contributed by atoms with Gasteiger partial charge in [-0.3, -0.25) is 20.3 Å². The number of fused-ring (bicyclic) bond motifs is 1. The van der Waals surface area contributed by atoms with E-state index in [-0.39, 0.29) is 11.9 Å². The Morgan fingerprint density at radius 1 is 1.09 bits per heavy atom. The van der Waals surface area contributed by atoms with E-state index in [0.717, 1.165) is 56.9 Å². The van der Waals surface area contributed by atoms with Crippen molar-refractivity contribution in [2.24, 2.45) is 9.98 Å². The van der Waals surface area contributed by atoms with E-state index in [2.05, 4.69) is 36.9 Å². The van der Waals surface area contributed by atoms with Crippen molar-refractivity contribution < 1.29 is 4.79 Å². The van der Waals surface area contributed by atoms with Crippen molar-refractivity contribution in [1.82, 2.24) is 30.8 Å². The third-order valence-electron chi connectivity index (χ3n) is 7.26. The summed E-state index contributed by atoms with van der Waals surface area (Å²) in [5.41, 5.74) is 5.61. The number of rotatable bonds is 4. The minimum absolute atomic E-state index is 0.140. The fourth-order valence-corrected chi connectivity index (χ4v) is 5.33. The maximum atomic E-state index is 13.1. The zero-order valence-electron chi connectivity index (χ0n) is 18.5. The lowest BCUT2D eigenvalue weighted by Gasteiger charge is -2.35. The van der Waals surface area contributed by atoms with Crippen LogP contribution in [0.1, 0.15) is 75.8 Å². The summed E-state index contributed by atoms with van der Waals surface area (Å²) in [6.07, 6.45) is 13.3. The van der Waals surface area contributed by atoms with E-state index in [1.165, 1.54) is 37.8 Å². The molecule has 1 aromatic rings. The molecule has 1 aromatic heterocycles. The Morgan fingerprint density at radius 2 is 1.97 bits per heavy atom. The molecule has 1 atom stereocenters. The molecule has 1 amide bonds. The van der Waals surface area contributed by atoms with Crippen LogP contribution in [0.15, 0.2) is 27.8 Å². The summed E-state index contributed by atoms with van der Waals surface area (Å²) in [6.45, 7) is 1.69. The van der Waals surface area contributed by atoms with E-state index in [4.69, 9.17) is 9.98 Å². The van der Waals surface area contributed by atoms with E-state index in [1.54, 1.807) is 0 Å². The Hall–Kier alpha value is -2.84. The van der Waals surface area contributed by atoms with E-state index in [1.807, 2.05) is 6.07 Å². The Bertz CT molecular complexity index is 968. The molecule has 2 aliphatic carbocycles. The van der Waals surface area contributed by atoms with Crippen LogP contribution in [0, 0.1) is 0 Å². The maximum Gasteiger partial charge on any atom is 0.243 e. The van der Waals surface area contributed by atoms with Crippen LogP contribution in [0.3, 0.4) is 0 Å². The molecule has 0 unspecified atom stereocenters. The predicted molar refractivity (Wildman–Crippen MR) is 122 cm³/mol. The van der Waals surface area contributed by atoms with Gasteiger partial charge in [-0.05, 0) is 44.9 Å². The molecule has 5 aliphatic rings. The molecular formula is C23H32N8O. The number of carbonyl (C=O) groups excluding carboxylic acids is 1. The molecule has 4 heterocycles. The summed E-state index contributed by atoms with van der Waals surface area (Å²) < 4.78 is 0. The van der Waals surface area contributed by atoms with Gasteiger partial charge >= 0.3 is 0 Å². The first kappa shape index (κ1) is 19.8. The van der Waals surface area contributed by atoms with Crippen LogP contribution in [-0.4, -0.2) is 63.0 Å². The molecule has 3 aliphatic heterocycles. The van der Waals surface area contributed by atoms with Crippen LogP contribution < -0.4 is 10.7 Å². The quantitative estimate of drug-likeness (QED) is 0.674. The molecule has 1 saturated heterocycles. The molecule has 9 nitrogen and oxygen atoms in total. The highest BCUT2D eigenvalue weighted by Crippen LogP contribution is 2.40. The number of hydrogen-bond donors (Lipinski definition) is 3. The van der Waals surface area contributed by atoms with Crippen molar-refractivity contribution in [3.8, 4) is 0 Å². The largest absolute Gasteiger partial charge is 0.352 e. The Kier molecular flexibility index (Phi) is 5.11. The minimum atomic E-state index is -0.176. The van der Waals surface area contributed by atoms with Crippen molar-refractivity contribution in [2.45, 2.75) is 82.2 Å². The third kappa shape index (κ3) is 3.89. The first-order valence-corrected chi connectivity index (χ1v) is 12.3. The third-order valence-corrected chi connectivity index (χ3v) is 7.26. The second-order valence-corrected chi connectivity index (χ2v) is 9.66. The number of hydrogen-bond acceptors (Lipinski definition) is 6. The summed E-state index contributed by atoms with van der Waals surface area (Å²) in [5.74, 6) is 2.82. The number of aromatic nitrogens is 2. The number of carbonyl (C=O) groups is 1. The molecule has 6 rings (SSSR count). The highest BCUT2D eigenvalue weighted by Gasteiger charge is 2.37. The van der Waals surface area contributed by atoms with Crippen molar-refractivity contribution in [3.63, 3.8) is 0 Å². The maximum absolute atomic E-state index is 13.1. The zero-order chi connectivity index (χ0) is 21.5. The fourth-order valence-electron chi connectivity index (χ4n) is 5.33. The molecule has 170 valence electrons. The number of amidine groups is 1. The lowest BCUT2D eigenvalue weighted by Crippen LogP contribution is -2.57. The van der Waals surface area contributed by atoms with Crippen LogP contribution in [0.2, 0.25) is 0 Å². The first-order chi connectivity index (χ1) is 15.7. The SMILES string of the molecule is O=C(NC1CCCCC1)[C@@H]1CCCN1C1=NC(=Nc2cc(C3CC3)[nH]n2)C2=CCCN2N1. The van der Waals surface area contributed by atoms with E-state index >= 15 is 0 Å². The number of nitrogens with zero attached hydrogens (tertiary/aromatic N) is 5. The smallest absolute Gasteiger partial charge is 0.243 e. The fraction of sp³-hybridized carbons (Fsp3) is 0.652. The minimum Gasteiger partial charge on any atom is -0.352 e. The van der Waals surface area contributed by atoms with Crippen molar-refractivity contribution >= 4 is 23.5 Å². The topological polar surface area (TPSA) is 101 Å². The first-order valence-electron chi connectivity index (χ1n) is 12.3. The predicted octanol–water partition coefficient (Wildman–Crippen LogP) is 2.69. The van der Waals surface area contributed by atoms with E-state index in [0.29, 0.717) is 23.6 Å². The van der Waals surface area contributed by atoms with Gasteiger partial charge in [-0.15, -0.1) is 0 Å². The van der Waals surface area contributed by atoms with Crippen LogP contribution >= 0.6 is 0 Å². The number of aliphatic imine (C=N–C) groups is 2. The molecule has 3 N–H and O–H groups in total. The van der Waals surface area contributed by atoms with Gasteiger partial charge in [-0.1, -0.05) is 25.3 Å². The normalized spacial score (nSPS) is 27.2. The molecule has 3 fully saturated rings. The number of hydrazine groups is 1. The van der Waals surface area contributed by atoms with Gasteiger partial charge in [0.15, 0.2) is 11.7 Å². The number of likely N-dealkylation sites (tertiary alicyclic amines) is 1. The lowest BCUT2D eigenvalue weighted by molar-refractivity contribution is -0.125. The highest BCUT2D eigenvalue weighted by atomic mass is 16.2.